The van der Waals surface area contributed by atoms with Crippen LogP contribution in [0.5, 0.6) is 0 Å². The summed E-state index contributed by atoms with van der Waals surface area (Å²) in [4.78, 5) is 2.34. The van der Waals surface area contributed by atoms with E-state index in [1.165, 1.54) is 0 Å². The van der Waals surface area contributed by atoms with Gasteiger partial charge in [-0.15, -0.1) is 0 Å². The van der Waals surface area contributed by atoms with Crippen molar-refractivity contribution in [1.29, 1.82) is 5.26 Å². The second kappa shape index (κ2) is 6.54. The van der Waals surface area contributed by atoms with E-state index >= 15 is 0 Å². The van der Waals surface area contributed by atoms with Crippen LogP contribution in [0.15, 0.2) is 0 Å². The number of hydrogen-bond acceptors (Lipinski definition) is 3. The number of nitriles is 1. The van der Waals surface area contributed by atoms with E-state index in [2.05, 4.69) is 64.9 Å². The van der Waals surface area contributed by atoms with E-state index in [0.29, 0.717) is 12.1 Å². The van der Waals surface area contributed by atoms with Gasteiger partial charge in [-0.05, 0) is 46.6 Å². The molecule has 0 aromatic rings. The maximum Gasteiger partial charge on any atom is 0.105 e. The largest absolute Gasteiger partial charge is 0.303 e. The summed E-state index contributed by atoms with van der Waals surface area (Å²) >= 11 is 0. The Morgan fingerprint density at radius 1 is 1.17 bits per heavy atom. The van der Waals surface area contributed by atoms with Gasteiger partial charge in [-0.25, -0.2) is 0 Å². The van der Waals surface area contributed by atoms with Gasteiger partial charge in [0, 0.05) is 18.6 Å². The number of nitrogens with zero attached hydrogens (tertiary/aromatic N) is 2. The van der Waals surface area contributed by atoms with Gasteiger partial charge >= 0.3 is 0 Å². The van der Waals surface area contributed by atoms with E-state index in [-0.39, 0.29) is 5.41 Å². The van der Waals surface area contributed by atoms with Gasteiger partial charge in [0.05, 0.1) is 6.07 Å². The molecule has 0 aliphatic carbocycles. The van der Waals surface area contributed by atoms with Gasteiger partial charge in [0.25, 0.3) is 0 Å². The second-order valence-electron chi connectivity index (χ2n) is 7.02. The molecule has 0 aromatic carbocycles. The van der Waals surface area contributed by atoms with E-state index in [4.69, 9.17) is 0 Å². The summed E-state index contributed by atoms with van der Waals surface area (Å²) in [6.07, 6.45) is 0.846. The Kier molecular flexibility index (Phi) is 6.33. The quantitative estimate of drug-likeness (QED) is 0.791. The fraction of sp³-hybridized carbons (Fsp3) is 0.933. The summed E-state index contributed by atoms with van der Waals surface area (Å²) in [5, 5.41) is 12.7. The lowest BCUT2D eigenvalue weighted by Gasteiger charge is -2.37. The van der Waals surface area contributed by atoms with Crippen LogP contribution < -0.4 is 5.32 Å². The molecule has 0 heterocycles. The van der Waals surface area contributed by atoms with Crippen LogP contribution in [0.1, 0.15) is 54.9 Å². The average molecular weight is 253 g/mol. The highest BCUT2D eigenvalue weighted by Crippen LogP contribution is 2.23. The molecule has 0 fully saturated rings. The van der Waals surface area contributed by atoms with E-state index in [0.717, 1.165) is 13.0 Å². The molecule has 0 aromatic heterocycles. The Morgan fingerprint density at radius 2 is 1.67 bits per heavy atom. The third kappa shape index (κ3) is 5.84. The van der Waals surface area contributed by atoms with Gasteiger partial charge in [-0.1, -0.05) is 20.8 Å². The minimum absolute atomic E-state index is 0.267. The third-order valence-corrected chi connectivity index (χ3v) is 3.73. The van der Waals surface area contributed by atoms with Crippen molar-refractivity contribution in [3.8, 4) is 6.07 Å². The SMILES string of the molecule is CC(C)NC(C)(C#N)CCN(C)C(C)C(C)(C)C. The summed E-state index contributed by atoms with van der Waals surface area (Å²) in [5.74, 6) is 0. The molecular weight excluding hydrogens is 222 g/mol. The van der Waals surface area contributed by atoms with Crippen LogP contribution in [0.4, 0.5) is 0 Å². The maximum absolute atomic E-state index is 9.31. The summed E-state index contributed by atoms with van der Waals surface area (Å²) in [6, 6.07) is 3.24. The summed E-state index contributed by atoms with van der Waals surface area (Å²) in [7, 11) is 2.14. The Hall–Kier alpha value is -0.590. The molecule has 2 unspecified atom stereocenters. The Labute approximate surface area is 114 Å². The highest BCUT2D eigenvalue weighted by Gasteiger charge is 2.28. The highest BCUT2D eigenvalue weighted by molar-refractivity contribution is 5.04. The van der Waals surface area contributed by atoms with Crippen molar-refractivity contribution < 1.29 is 0 Å². The Morgan fingerprint density at radius 3 is 2.00 bits per heavy atom. The molecule has 3 heteroatoms. The van der Waals surface area contributed by atoms with Crippen LogP contribution in [0.3, 0.4) is 0 Å². The predicted octanol–water partition coefficient (Wildman–Crippen LogP) is 3.02. The van der Waals surface area contributed by atoms with Gasteiger partial charge in [-0.2, -0.15) is 5.26 Å². The maximum atomic E-state index is 9.31. The molecule has 3 nitrogen and oxygen atoms in total. The first kappa shape index (κ1) is 17.4. The van der Waals surface area contributed by atoms with Gasteiger partial charge in [0.2, 0.25) is 0 Å². The van der Waals surface area contributed by atoms with Crippen molar-refractivity contribution >= 4 is 0 Å². The van der Waals surface area contributed by atoms with Crippen molar-refractivity contribution in [3.63, 3.8) is 0 Å². The Balaban J connectivity index is 4.43. The van der Waals surface area contributed by atoms with E-state index in [1.54, 1.807) is 0 Å². The lowest BCUT2D eigenvalue weighted by molar-refractivity contribution is 0.131. The van der Waals surface area contributed by atoms with Crippen LogP contribution in [0.25, 0.3) is 0 Å². The Bertz CT molecular complexity index is 285. The third-order valence-electron chi connectivity index (χ3n) is 3.73. The minimum Gasteiger partial charge on any atom is -0.303 e. The highest BCUT2D eigenvalue weighted by atomic mass is 15.1. The molecule has 18 heavy (non-hydrogen) atoms. The van der Waals surface area contributed by atoms with E-state index < -0.39 is 5.54 Å². The molecule has 0 aliphatic rings. The van der Waals surface area contributed by atoms with Crippen LogP contribution in [0.2, 0.25) is 0 Å². The van der Waals surface area contributed by atoms with Gasteiger partial charge in [0.1, 0.15) is 5.54 Å². The zero-order chi connectivity index (χ0) is 14.6. The molecule has 0 amide bonds. The first-order chi connectivity index (χ1) is 8.02. The predicted molar refractivity (Wildman–Crippen MR) is 78.5 cm³/mol. The molecule has 0 saturated heterocycles. The number of hydrogen-bond donors (Lipinski definition) is 1. The molecule has 0 rings (SSSR count). The number of nitrogens with one attached hydrogen (secondary N) is 1. The zero-order valence-electron chi connectivity index (χ0n) is 13.5. The van der Waals surface area contributed by atoms with E-state index in [9.17, 15) is 5.26 Å². The lowest BCUT2D eigenvalue weighted by atomic mass is 9.86. The first-order valence-corrected chi connectivity index (χ1v) is 6.91. The van der Waals surface area contributed by atoms with Crippen LogP contribution in [-0.4, -0.2) is 36.1 Å². The molecular formula is C15H31N3. The molecule has 0 spiro atoms. The van der Waals surface area contributed by atoms with Crippen molar-refractivity contribution in [2.75, 3.05) is 13.6 Å². The summed E-state index contributed by atoms with van der Waals surface area (Å²) in [6.45, 7) is 16.1. The van der Waals surface area contributed by atoms with Crippen LogP contribution in [-0.2, 0) is 0 Å². The van der Waals surface area contributed by atoms with Gasteiger partial charge in [-0.3, -0.25) is 5.32 Å². The van der Waals surface area contributed by atoms with Crippen molar-refractivity contribution in [1.82, 2.24) is 10.2 Å². The fourth-order valence-corrected chi connectivity index (χ4v) is 2.05. The fourth-order valence-electron chi connectivity index (χ4n) is 2.05. The molecule has 0 aliphatic heterocycles. The molecule has 0 radical (unpaired) electrons. The first-order valence-electron chi connectivity index (χ1n) is 6.91. The summed E-state index contributed by atoms with van der Waals surface area (Å²) < 4.78 is 0. The average Bonchev–Trinajstić information content (AvgIpc) is 2.22. The monoisotopic (exact) mass is 253 g/mol. The minimum atomic E-state index is -0.431. The van der Waals surface area contributed by atoms with Crippen LogP contribution in [0, 0.1) is 16.7 Å². The molecule has 106 valence electrons. The topological polar surface area (TPSA) is 39.1 Å². The second-order valence-corrected chi connectivity index (χ2v) is 7.02. The lowest BCUT2D eigenvalue weighted by Crippen LogP contribution is -2.48. The van der Waals surface area contributed by atoms with Gasteiger partial charge < -0.3 is 4.90 Å². The smallest absolute Gasteiger partial charge is 0.105 e. The number of rotatable bonds is 6. The zero-order valence-corrected chi connectivity index (χ0v) is 13.5. The van der Waals surface area contributed by atoms with Crippen molar-refractivity contribution in [2.45, 2.75) is 72.5 Å². The normalized spacial score (nSPS) is 17.6. The molecule has 0 saturated carbocycles. The van der Waals surface area contributed by atoms with Crippen LogP contribution >= 0.6 is 0 Å². The molecule has 0 bridgehead atoms. The van der Waals surface area contributed by atoms with Crippen molar-refractivity contribution in [3.05, 3.63) is 0 Å². The standard InChI is InChI=1S/C15H31N3/c1-12(2)17-15(7,11-16)9-10-18(8)13(3)14(4,5)6/h12-13,17H,9-10H2,1-8H3. The van der Waals surface area contributed by atoms with Gasteiger partial charge in [0.15, 0.2) is 0 Å². The van der Waals surface area contributed by atoms with E-state index in [1.807, 2.05) is 6.92 Å². The summed E-state index contributed by atoms with van der Waals surface area (Å²) in [5.41, 5.74) is -0.163. The van der Waals surface area contributed by atoms with Crippen molar-refractivity contribution in [2.24, 2.45) is 5.41 Å². The molecule has 1 N–H and O–H groups in total. The molecule has 2 atom stereocenters.